The van der Waals surface area contributed by atoms with E-state index in [2.05, 4.69) is 37.3 Å². The molecule has 0 heterocycles. The minimum Gasteiger partial charge on any atom is -0.380 e. The van der Waals surface area contributed by atoms with Crippen LogP contribution in [0.25, 0.3) is 6.08 Å². The predicted octanol–water partition coefficient (Wildman–Crippen LogP) is 3.87. The quantitative estimate of drug-likeness (QED) is 0.690. The fourth-order valence-corrected chi connectivity index (χ4v) is 1.61. The molecule has 0 N–H and O–H groups in total. The van der Waals surface area contributed by atoms with Gasteiger partial charge in [-0.1, -0.05) is 42.8 Å². The monoisotopic (exact) mass is 224 g/mol. The van der Waals surface area contributed by atoms with Gasteiger partial charge in [0.05, 0.1) is 6.61 Å². The molecule has 0 atom stereocenters. The fraction of sp³-hybridized carbons (Fsp3) is 0.385. The SMILES string of the molecule is CCC(=Cc1ccc(COC)cc1)CCl. The molecule has 0 aliphatic heterocycles. The van der Waals surface area contributed by atoms with Crippen LogP contribution in [0.1, 0.15) is 24.5 Å². The van der Waals surface area contributed by atoms with Gasteiger partial charge in [0.1, 0.15) is 0 Å². The highest BCUT2D eigenvalue weighted by atomic mass is 35.5. The van der Waals surface area contributed by atoms with Gasteiger partial charge < -0.3 is 4.74 Å². The Balaban J connectivity index is 2.75. The van der Waals surface area contributed by atoms with Crippen molar-refractivity contribution in [1.82, 2.24) is 0 Å². The van der Waals surface area contributed by atoms with E-state index < -0.39 is 0 Å². The topological polar surface area (TPSA) is 9.23 Å². The highest BCUT2D eigenvalue weighted by Crippen LogP contribution is 2.12. The lowest BCUT2D eigenvalue weighted by molar-refractivity contribution is 0.185. The van der Waals surface area contributed by atoms with Crippen molar-refractivity contribution in [1.29, 1.82) is 0 Å². The summed E-state index contributed by atoms with van der Waals surface area (Å²) in [7, 11) is 1.70. The Morgan fingerprint density at radius 1 is 1.33 bits per heavy atom. The van der Waals surface area contributed by atoms with Crippen LogP contribution < -0.4 is 0 Å². The van der Waals surface area contributed by atoms with E-state index in [0.717, 1.165) is 6.42 Å². The molecule has 0 aliphatic carbocycles. The lowest BCUT2D eigenvalue weighted by Crippen LogP contribution is -1.87. The minimum absolute atomic E-state index is 0.607. The van der Waals surface area contributed by atoms with E-state index >= 15 is 0 Å². The summed E-state index contributed by atoms with van der Waals surface area (Å²) < 4.78 is 5.05. The minimum atomic E-state index is 0.607. The molecule has 0 saturated carbocycles. The van der Waals surface area contributed by atoms with Gasteiger partial charge in [-0.3, -0.25) is 0 Å². The Bertz CT molecular complexity index is 308. The molecule has 2 heteroatoms. The summed E-state index contributed by atoms with van der Waals surface area (Å²) in [6, 6.07) is 8.35. The van der Waals surface area contributed by atoms with Crippen LogP contribution in [0.3, 0.4) is 0 Å². The number of alkyl halides is 1. The highest BCUT2D eigenvalue weighted by molar-refractivity contribution is 6.19. The Morgan fingerprint density at radius 2 is 2.00 bits per heavy atom. The Hall–Kier alpha value is -0.790. The molecule has 1 aromatic carbocycles. The molecule has 0 fully saturated rings. The first-order chi connectivity index (χ1) is 7.30. The molecule has 0 amide bonds. The third-order valence-corrected chi connectivity index (χ3v) is 2.63. The number of rotatable bonds is 5. The summed E-state index contributed by atoms with van der Waals surface area (Å²) in [5, 5.41) is 0. The summed E-state index contributed by atoms with van der Waals surface area (Å²) in [5.74, 6) is 0.607. The van der Waals surface area contributed by atoms with Crippen LogP contribution in [0.15, 0.2) is 29.8 Å². The number of methoxy groups -OCH3 is 1. The lowest BCUT2D eigenvalue weighted by Gasteiger charge is -2.02. The molecule has 0 unspecified atom stereocenters. The Morgan fingerprint density at radius 3 is 2.47 bits per heavy atom. The molecular formula is C13H17ClO. The third kappa shape index (κ3) is 4.06. The summed E-state index contributed by atoms with van der Waals surface area (Å²) in [6.45, 7) is 2.79. The number of hydrogen-bond acceptors (Lipinski definition) is 1. The molecule has 0 radical (unpaired) electrons. The molecule has 0 bridgehead atoms. The van der Waals surface area contributed by atoms with Crippen molar-refractivity contribution in [3.8, 4) is 0 Å². The van der Waals surface area contributed by atoms with Crippen LogP contribution in [0.4, 0.5) is 0 Å². The number of allylic oxidation sites excluding steroid dienone is 1. The molecule has 82 valence electrons. The Kier molecular flexibility index (Phi) is 5.44. The first kappa shape index (κ1) is 12.3. The van der Waals surface area contributed by atoms with Gasteiger partial charge in [0.2, 0.25) is 0 Å². The van der Waals surface area contributed by atoms with Crippen molar-refractivity contribution < 1.29 is 4.74 Å². The summed E-state index contributed by atoms with van der Waals surface area (Å²) in [6.07, 6.45) is 3.15. The van der Waals surface area contributed by atoms with E-state index in [-0.39, 0.29) is 0 Å². The van der Waals surface area contributed by atoms with Gasteiger partial charge in [-0.15, -0.1) is 11.6 Å². The molecule has 1 aromatic rings. The standard InChI is InChI=1S/C13H17ClO/c1-3-11(9-14)8-12-4-6-13(7-5-12)10-15-2/h4-8H,3,9-10H2,1-2H3. The van der Waals surface area contributed by atoms with Gasteiger partial charge in [-0.2, -0.15) is 0 Å². The molecule has 0 aliphatic rings. The average molecular weight is 225 g/mol. The smallest absolute Gasteiger partial charge is 0.0713 e. The van der Waals surface area contributed by atoms with Gasteiger partial charge in [0.15, 0.2) is 0 Å². The zero-order valence-corrected chi connectivity index (χ0v) is 10.1. The van der Waals surface area contributed by atoms with Crippen molar-refractivity contribution in [3.63, 3.8) is 0 Å². The summed E-state index contributed by atoms with van der Waals surface area (Å²) >= 11 is 5.81. The number of hydrogen-bond donors (Lipinski definition) is 0. The largest absolute Gasteiger partial charge is 0.380 e. The van der Waals surface area contributed by atoms with Crippen LogP contribution in [-0.2, 0) is 11.3 Å². The summed E-state index contributed by atoms with van der Waals surface area (Å²) in [5.41, 5.74) is 3.65. The van der Waals surface area contributed by atoms with Crippen LogP contribution in [0.2, 0.25) is 0 Å². The van der Waals surface area contributed by atoms with E-state index in [0.29, 0.717) is 12.5 Å². The van der Waals surface area contributed by atoms with Gasteiger partial charge in [-0.25, -0.2) is 0 Å². The van der Waals surface area contributed by atoms with Gasteiger partial charge >= 0.3 is 0 Å². The third-order valence-electron chi connectivity index (χ3n) is 2.29. The van der Waals surface area contributed by atoms with E-state index in [4.69, 9.17) is 16.3 Å². The lowest BCUT2D eigenvalue weighted by atomic mass is 10.1. The van der Waals surface area contributed by atoms with Crippen LogP contribution in [0.5, 0.6) is 0 Å². The van der Waals surface area contributed by atoms with Crippen LogP contribution in [-0.4, -0.2) is 13.0 Å². The van der Waals surface area contributed by atoms with E-state index in [1.54, 1.807) is 7.11 Å². The van der Waals surface area contributed by atoms with Gasteiger partial charge in [0.25, 0.3) is 0 Å². The maximum absolute atomic E-state index is 5.81. The van der Waals surface area contributed by atoms with E-state index in [1.165, 1.54) is 16.7 Å². The molecular weight excluding hydrogens is 208 g/mol. The molecule has 0 aromatic heterocycles. The normalized spacial score (nSPS) is 11.8. The first-order valence-electron chi connectivity index (χ1n) is 5.13. The van der Waals surface area contributed by atoms with E-state index in [1.807, 2.05) is 0 Å². The van der Waals surface area contributed by atoms with Crippen molar-refractivity contribution in [2.75, 3.05) is 13.0 Å². The second kappa shape index (κ2) is 6.65. The van der Waals surface area contributed by atoms with Crippen molar-refractivity contribution >= 4 is 17.7 Å². The van der Waals surface area contributed by atoms with Crippen LogP contribution in [0, 0.1) is 0 Å². The van der Waals surface area contributed by atoms with Crippen LogP contribution >= 0.6 is 11.6 Å². The number of halogens is 1. The first-order valence-corrected chi connectivity index (χ1v) is 5.67. The zero-order chi connectivity index (χ0) is 11.1. The van der Waals surface area contributed by atoms with Gasteiger partial charge in [-0.05, 0) is 17.5 Å². The summed E-state index contributed by atoms with van der Waals surface area (Å²) in [4.78, 5) is 0. The zero-order valence-electron chi connectivity index (χ0n) is 9.29. The molecule has 1 rings (SSSR count). The average Bonchev–Trinajstić information content (AvgIpc) is 2.28. The van der Waals surface area contributed by atoms with Gasteiger partial charge in [0, 0.05) is 13.0 Å². The fourth-order valence-electron chi connectivity index (χ4n) is 1.35. The van der Waals surface area contributed by atoms with Crippen molar-refractivity contribution in [3.05, 3.63) is 41.0 Å². The molecule has 0 saturated heterocycles. The maximum Gasteiger partial charge on any atom is 0.0713 e. The second-order valence-corrected chi connectivity index (χ2v) is 3.73. The van der Waals surface area contributed by atoms with Crippen molar-refractivity contribution in [2.24, 2.45) is 0 Å². The molecule has 15 heavy (non-hydrogen) atoms. The number of benzene rings is 1. The number of ether oxygens (including phenoxy) is 1. The van der Waals surface area contributed by atoms with Crippen molar-refractivity contribution in [2.45, 2.75) is 20.0 Å². The predicted molar refractivity (Wildman–Crippen MR) is 66.1 cm³/mol. The second-order valence-electron chi connectivity index (χ2n) is 3.46. The molecule has 0 spiro atoms. The van der Waals surface area contributed by atoms with E-state index in [9.17, 15) is 0 Å². The Labute approximate surface area is 96.7 Å². The maximum atomic E-state index is 5.81. The highest BCUT2D eigenvalue weighted by Gasteiger charge is 1.94. The molecule has 1 nitrogen and oxygen atoms in total.